The van der Waals surface area contributed by atoms with Crippen LogP contribution in [0.1, 0.15) is 31.2 Å². The smallest absolute Gasteiger partial charge is 0.220 e. The molecule has 1 unspecified atom stereocenters. The van der Waals surface area contributed by atoms with Crippen LogP contribution >= 0.6 is 0 Å². The number of hydrogen-bond acceptors (Lipinski definition) is 2. The Morgan fingerprint density at radius 1 is 1.33 bits per heavy atom. The zero-order valence-electron chi connectivity index (χ0n) is 10.6. The number of allylic oxidation sites excluding steroid dienone is 1. The molecule has 1 aliphatic rings. The third kappa shape index (κ3) is 3.62. The average Bonchev–Trinajstić information content (AvgIpc) is 2.39. The van der Waals surface area contributed by atoms with Gasteiger partial charge in [0, 0.05) is 18.2 Å². The lowest BCUT2D eigenvalue weighted by Crippen LogP contribution is -2.35. The molecule has 1 atom stereocenters. The topological polar surface area (TPSA) is 55.1 Å². The van der Waals surface area contributed by atoms with Gasteiger partial charge in [0.05, 0.1) is 0 Å². The molecule has 1 aliphatic carbocycles. The van der Waals surface area contributed by atoms with E-state index in [2.05, 4.69) is 17.5 Å². The van der Waals surface area contributed by atoms with Gasteiger partial charge in [-0.15, -0.1) is 0 Å². The van der Waals surface area contributed by atoms with Gasteiger partial charge in [-0.05, 0) is 37.3 Å². The molecule has 0 aliphatic heterocycles. The largest absolute Gasteiger partial charge is 0.399 e. The summed E-state index contributed by atoms with van der Waals surface area (Å²) in [5.41, 5.74) is 7.67. The van der Waals surface area contributed by atoms with Gasteiger partial charge in [0.15, 0.2) is 0 Å². The van der Waals surface area contributed by atoms with Crippen molar-refractivity contribution in [2.75, 3.05) is 5.73 Å². The second-order valence-corrected chi connectivity index (χ2v) is 4.75. The fraction of sp³-hybridized carbons (Fsp3) is 0.400. The number of nitrogens with one attached hydrogen (secondary N) is 1. The van der Waals surface area contributed by atoms with E-state index in [-0.39, 0.29) is 5.91 Å². The van der Waals surface area contributed by atoms with E-state index >= 15 is 0 Å². The SMILES string of the molecule is Nc1ccccc1CCC(=O)NC1CC=CCC1. The zero-order chi connectivity index (χ0) is 12.8. The van der Waals surface area contributed by atoms with Crippen LogP contribution in [0.25, 0.3) is 0 Å². The van der Waals surface area contributed by atoms with Gasteiger partial charge in [-0.25, -0.2) is 0 Å². The fourth-order valence-electron chi connectivity index (χ4n) is 2.23. The first kappa shape index (κ1) is 12.7. The Kier molecular flexibility index (Phi) is 4.40. The van der Waals surface area contributed by atoms with Crippen molar-refractivity contribution in [2.24, 2.45) is 0 Å². The molecule has 2 rings (SSSR count). The molecule has 0 bridgehead atoms. The molecular weight excluding hydrogens is 224 g/mol. The molecule has 0 fully saturated rings. The monoisotopic (exact) mass is 244 g/mol. The Morgan fingerprint density at radius 2 is 2.17 bits per heavy atom. The summed E-state index contributed by atoms with van der Waals surface area (Å²) in [6.07, 6.45) is 8.61. The van der Waals surface area contributed by atoms with Crippen LogP contribution in [-0.4, -0.2) is 11.9 Å². The van der Waals surface area contributed by atoms with Gasteiger partial charge in [0.25, 0.3) is 0 Å². The molecule has 0 aromatic heterocycles. The number of para-hydroxylation sites is 1. The van der Waals surface area contributed by atoms with Crippen molar-refractivity contribution in [3.05, 3.63) is 42.0 Å². The highest BCUT2D eigenvalue weighted by atomic mass is 16.1. The molecule has 1 aromatic carbocycles. The minimum atomic E-state index is 0.124. The summed E-state index contributed by atoms with van der Waals surface area (Å²) >= 11 is 0. The predicted octanol–water partition coefficient (Wildman–Crippen LogP) is 2.43. The Morgan fingerprint density at radius 3 is 2.89 bits per heavy atom. The number of amides is 1. The Balaban J connectivity index is 1.78. The van der Waals surface area contributed by atoms with Crippen molar-refractivity contribution >= 4 is 11.6 Å². The molecule has 3 heteroatoms. The third-order valence-corrected chi connectivity index (χ3v) is 3.31. The van der Waals surface area contributed by atoms with Gasteiger partial charge < -0.3 is 11.1 Å². The van der Waals surface area contributed by atoms with Gasteiger partial charge >= 0.3 is 0 Å². The van der Waals surface area contributed by atoms with E-state index in [1.165, 1.54) is 0 Å². The summed E-state index contributed by atoms with van der Waals surface area (Å²) in [6.45, 7) is 0. The molecular formula is C15H20N2O. The molecule has 96 valence electrons. The first-order valence-electron chi connectivity index (χ1n) is 6.53. The first-order chi connectivity index (χ1) is 8.75. The molecule has 0 saturated heterocycles. The van der Waals surface area contributed by atoms with Crippen LogP contribution in [0.3, 0.4) is 0 Å². The van der Waals surface area contributed by atoms with E-state index in [0.717, 1.165) is 30.5 Å². The van der Waals surface area contributed by atoms with E-state index in [4.69, 9.17) is 5.73 Å². The maximum Gasteiger partial charge on any atom is 0.220 e. The van der Waals surface area contributed by atoms with Crippen LogP contribution in [0.5, 0.6) is 0 Å². The predicted molar refractivity (Wildman–Crippen MR) is 74.1 cm³/mol. The Labute approximate surface area is 108 Å². The Hall–Kier alpha value is -1.77. The van der Waals surface area contributed by atoms with Gasteiger partial charge in [0.1, 0.15) is 0 Å². The van der Waals surface area contributed by atoms with Crippen molar-refractivity contribution < 1.29 is 4.79 Å². The molecule has 3 nitrogen and oxygen atoms in total. The quantitative estimate of drug-likeness (QED) is 0.631. The van der Waals surface area contributed by atoms with Crippen molar-refractivity contribution in [2.45, 2.75) is 38.1 Å². The Bertz CT molecular complexity index is 440. The standard InChI is InChI=1S/C15H20N2O/c16-14-9-5-4-6-12(14)10-11-15(18)17-13-7-2-1-3-8-13/h1-2,4-6,9,13H,3,7-8,10-11,16H2,(H,17,18). The first-order valence-corrected chi connectivity index (χ1v) is 6.53. The third-order valence-electron chi connectivity index (χ3n) is 3.31. The maximum absolute atomic E-state index is 11.8. The van der Waals surface area contributed by atoms with E-state index in [1.54, 1.807) is 0 Å². The van der Waals surface area contributed by atoms with Crippen molar-refractivity contribution in [3.63, 3.8) is 0 Å². The molecule has 0 radical (unpaired) electrons. The van der Waals surface area contributed by atoms with Crippen molar-refractivity contribution in [1.29, 1.82) is 0 Å². The van der Waals surface area contributed by atoms with Gasteiger partial charge in [-0.3, -0.25) is 4.79 Å². The summed E-state index contributed by atoms with van der Waals surface area (Å²) in [5.74, 6) is 0.124. The number of hydrogen-bond donors (Lipinski definition) is 2. The number of nitrogen functional groups attached to an aromatic ring is 1. The fourth-order valence-corrected chi connectivity index (χ4v) is 2.23. The number of carbonyl (C=O) groups excluding carboxylic acids is 1. The molecule has 1 aromatic rings. The van der Waals surface area contributed by atoms with Crippen LogP contribution in [0, 0.1) is 0 Å². The van der Waals surface area contributed by atoms with Crippen LogP contribution in [0.4, 0.5) is 5.69 Å². The molecule has 0 heterocycles. The van der Waals surface area contributed by atoms with Crippen LogP contribution < -0.4 is 11.1 Å². The van der Waals surface area contributed by atoms with E-state index in [9.17, 15) is 4.79 Å². The normalized spacial score (nSPS) is 18.6. The summed E-state index contributed by atoms with van der Waals surface area (Å²) in [6, 6.07) is 8.03. The highest BCUT2D eigenvalue weighted by Crippen LogP contribution is 2.14. The lowest BCUT2D eigenvalue weighted by molar-refractivity contribution is -0.121. The van der Waals surface area contributed by atoms with Crippen LogP contribution in [-0.2, 0) is 11.2 Å². The lowest BCUT2D eigenvalue weighted by Gasteiger charge is -2.19. The summed E-state index contributed by atoms with van der Waals surface area (Å²) in [4.78, 5) is 11.8. The highest BCUT2D eigenvalue weighted by Gasteiger charge is 2.12. The number of anilines is 1. The van der Waals surface area contributed by atoms with Gasteiger partial charge in [0.2, 0.25) is 5.91 Å². The molecule has 0 saturated carbocycles. The number of carbonyl (C=O) groups is 1. The van der Waals surface area contributed by atoms with Crippen LogP contribution in [0.15, 0.2) is 36.4 Å². The average molecular weight is 244 g/mol. The zero-order valence-corrected chi connectivity index (χ0v) is 10.6. The van der Waals surface area contributed by atoms with Crippen molar-refractivity contribution in [3.8, 4) is 0 Å². The number of nitrogens with two attached hydrogens (primary N) is 1. The van der Waals surface area contributed by atoms with Gasteiger partial charge in [-0.2, -0.15) is 0 Å². The molecule has 3 N–H and O–H groups in total. The van der Waals surface area contributed by atoms with E-state index in [0.29, 0.717) is 18.9 Å². The molecule has 1 amide bonds. The molecule has 18 heavy (non-hydrogen) atoms. The maximum atomic E-state index is 11.8. The van der Waals surface area contributed by atoms with Gasteiger partial charge in [-0.1, -0.05) is 30.4 Å². The number of rotatable bonds is 4. The minimum Gasteiger partial charge on any atom is -0.399 e. The minimum absolute atomic E-state index is 0.124. The number of benzene rings is 1. The van der Waals surface area contributed by atoms with Crippen LogP contribution in [0.2, 0.25) is 0 Å². The second-order valence-electron chi connectivity index (χ2n) is 4.75. The molecule has 0 spiro atoms. The summed E-state index contributed by atoms with van der Waals surface area (Å²) in [7, 11) is 0. The second kappa shape index (κ2) is 6.24. The lowest BCUT2D eigenvalue weighted by atomic mass is 10.0. The van der Waals surface area contributed by atoms with E-state index in [1.807, 2.05) is 24.3 Å². The van der Waals surface area contributed by atoms with E-state index < -0.39 is 0 Å². The highest BCUT2D eigenvalue weighted by molar-refractivity contribution is 5.76. The summed E-state index contributed by atoms with van der Waals surface area (Å²) < 4.78 is 0. The summed E-state index contributed by atoms with van der Waals surface area (Å²) in [5, 5.41) is 3.08. The van der Waals surface area contributed by atoms with Crippen molar-refractivity contribution in [1.82, 2.24) is 5.32 Å². The number of aryl methyl sites for hydroxylation is 1.